The molecule has 4 nitrogen and oxygen atoms in total. The second kappa shape index (κ2) is 3.72. The molecule has 0 saturated carbocycles. The summed E-state index contributed by atoms with van der Waals surface area (Å²) in [6.45, 7) is 0. The van der Waals surface area contributed by atoms with Gasteiger partial charge in [-0.15, -0.1) is 0 Å². The van der Waals surface area contributed by atoms with Crippen LogP contribution in [0.4, 0.5) is 5.69 Å². The molecule has 0 spiro atoms. The molecule has 1 aliphatic rings. The van der Waals surface area contributed by atoms with Crippen LogP contribution in [0.5, 0.6) is 0 Å². The summed E-state index contributed by atoms with van der Waals surface area (Å²) >= 11 is 3.53. The topological polar surface area (TPSA) is 31.9 Å². The highest BCUT2D eigenvalue weighted by Crippen LogP contribution is 2.35. The number of benzene rings is 1. The fourth-order valence-electron chi connectivity index (χ4n) is 1.80. The average molecular weight is 291 g/mol. The van der Waals surface area contributed by atoms with Crippen LogP contribution in [-0.2, 0) is 0 Å². The first-order valence-electron chi connectivity index (χ1n) is 5.23. The summed E-state index contributed by atoms with van der Waals surface area (Å²) in [5.41, 5.74) is 6.53. The van der Waals surface area contributed by atoms with Crippen molar-refractivity contribution in [3.05, 3.63) is 59.2 Å². The quantitative estimate of drug-likeness (QED) is 0.781. The highest BCUT2D eigenvalue weighted by molar-refractivity contribution is 9.10. The first-order chi connectivity index (χ1) is 8.17. The average Bonchev–Trinajstić information content (AvgIpc) is 2.78. The van der Waals surface area contributed by atoms with Crippen LogP contribution in [0.25, 0.3) is 11.1 Å². The molecule has 1 aromatic carbocycles. The Morgan fingerprint density at radius 3 is 2.76 bits per heavy atom. The highest BCUT2D eigenvalue weighted by Gasteiger charge is 2.19. The van der Waals surface area contributed by atoms with Crippen LogP contribution >= 0.6 is 15.9 Å². The largest absolute Gasteiger partial charge is 0.479 e. The summed E-state index contributed by atoms with van der Waals surface area (Å²) in [5, 5.41) is 0. The molecule has 0 bridgehead atoms. The third-order valence-electron chi connectivity index (χ3n) is 2.86. The van der Waals surface area contributed by atoms with Crippen LogP contribution in [0, 0.1) is 0 Å². The Bertz CT molecular complexity index is 576. The number of hydrogen-bond acceptors (Lipinski definition) is 1. The molecule has 0 saturated heterocycles. The predicted octanol–water partition coefficient (Wildman–Crippen LogP) is 3.35. The van der Waals surface area contributed by atoms with Gasteiger partial charge in [0.2, 0.25) is 0 Å². The lowest BCUT2D eigenvalue weighted by Crippen LogP contribution is -2.38. The first-order valence-corrected chi connectivity index (χ1v) is 6.02. The monoisotopic (exact) mass is 290 g/mol. The van der Waals surface area contributed by atoms with E-state index >= 15 is 0 Å². The van der Waals surface area contributed by atoms with Gasteiger partial charge in [-0.25, -0.2) is 4.98 Å². The molecule has 0 fully saturated rings. The van der Waals surface area contributed by atoms with Crippen LogP contribution in [0.3, 0.4) is 0 Å². The summed E-state index contributed by atoms with van der Waals surface area (Å²) in [5.74, 6) is 0. The summed E-state index contributed by atoms with van der Waals surface area (Å²) in [6, 6.07) is 6.24. The lowest BCUT2D eigenvalue weighted by Gasteiger charge is -2.47. The molecule has 2 heterocycles. The van der Waals surface area contributed by atoms with Gasteiger partial charge in [0.05, 0.1) is 25.3 Å². The maximum absolute atomic E-state index is 4.35. The second-order valence-electron chi connectivity index (χ2n) is 4.08. The fraction of sp³-hybridized carbons (Fsp3) is 0.0833. The number of nitrogens with zero attached hydrogens (tertiary/aromatic N) is 4. The summed E-state index contributed by atoms with van der Waals surface area (Å²) < 4.78 is 3.50. The maximum Gasteiger partial charge on any atom is 0.135 e. The van der Waals surface area contributed by atoms with Crippen LogP contribution in [0.2, 0.25) is 0 Å². The minimum Gasteiger partial charge on any atom is -0.479 e. The molecule has 0 amide bonds. The van der Waals surface area contributed by atoms with Crippen LogP contribution in [-0.4, -0.2) is 16.6 Å². The molecule has 0 aliphatic carbocycles. The Morgan fingerprint density at radius 1 is 1.35 bits per heavy atom. The summed E-state index contributed by atoms with van der Waals surface area (Å²) in [6.07, 6.45) is 9.34. The van der Waals surface area contributed by atoms with Gasteiger partial charge in [0.25, 0.3) is 0 Å². The predicted molar refractivity (Wildman–Crippen MR) is 71.5 cm³/mol. The number of quaternary nitrogens is 1. The van der Waals surface area contributed by atoms with Crippen molar-refractivity contribution in [1.29, 1.82) is 0 Å². The zero-order valence-electron chi connectivity index (χ0n) is 9.29. The van der Waals surface area contributed by atoms with E-state index in [0.29, 0.717) is 4.59 Å². The van der Waals surface area contributed by atoms with E-state index in [1.54, 1.807) is 12.5 Å². The van der Waals surface area contributed by atoms with E-state index in [1.807, 2.05) is 30.2 Å². The van der Waals surface area contributed by atoms with Crippen molar-refractivity contribution >= 4 is 21.6 Å². The van der Waals surface area contributed by atoms with Crippen LogP contribution in [0.1, 0.15) is 0 Å². The third-order valence-corrected chi connectivity index (χ3v) is 3.31. The molecule has 2 aromatic rings. The van der Waals surface area contributed by atoms with Gasteiger partial charge < -0.3 is 14.6 Å². The van der Waals surface area contributed by atoms with Gasteiger partial charge in [0.15, 0.2) is 0 Å². The molecule has 1 unspecified atom stereocenters. The van der Waals surface area contributed by atoms with Crippen molar-refractivity contribution in [3.8, 4) is 5.69 Å². The minimum atomic E-state index is 0.487. The molecule has 5 heteroatoms. The van der Waals surface area contributed by atoms with Gasteiger partial charge in [-0.2, -0.15) is 0 Å². The van der Waals surface area contributed by atoms with Crippen molar-refractivity contribution in [3.63, 3.8) is 0 Å². The second-order valence-corrected chi connectivity index (χ2v) is 4.99. The molecule has 0 N–H and O–H groups in total. The van der Waals surface area contributed by atoms with Gasteiger partial charge in [-0.3, -0.25) is 0 Å². The molecular weight excluding hydrogens is 280 g/mol. The van der Waals surface area contributed by atoms with Crippen LogP contribution < -0.4 is 4.59 Å². The van der Waals surface area contributed by atoms with Crippen LogP contribution in [0.15, 0.2) is 53.8 Å². The lowest BCUT2D eigenvalue weighted by molar-refractivity contribution is 0.526. The van der Waals surface area contributed by atoms with E-state index in [2.05, 4.69) is 44.5 Å². The molecule has 86 valence electrons. The molecule has 17 heavy (non-hydrogen) atoms. The van der Waals surface area contributed by atoms with E-state index in [4.69, 9.17) is 0 Å². The van der Waals surface area contributed by atoms with Gasteiger partial charge >= 0.3 is 0 Å². The van der Waals surface area contributed by atoms with Gasteiger partial charge in [-0.05, 0) is 6.07 Å². The van der Waals surface area contributed by atoms with E-state index in [9.17, 15) is 0 Å². The maximum atomic E-state index is 4.35. The smallest absolute Gasteiger partial charge is 0.135 e. The Balaban J connectivity index is 2.10. The number of hydrogen-bond donors (Lipinski definition) is 0. The molecule has 1 atom stereocenters. The lowest BCUT2D eigenvalue weighted by atomic mass is 10.2. The van der Waals surface area contributed by atoms with Gasteiger partial charge in [0.1, 0.15) is 5.69 Å². The normalized spacial score (nSPS) is 22.0. The fourth-order valence-corrected chi connectivity index (χ4v) is 2.27. The van der Waals surface area contributed by atoms with Crippen molar-refractivity contribution in [2.24, 2.45) is 0 Å². The van der Waals surface area contributed by atoms with Crippen molar-refractivity contribution in [1.82, 2.24) is 14.1 Å². The Kier molecular flexibility index (Phi) is 2.31. The molecular formula is C12H11BrN4. The van der Waals surface area contributed by atoms with E-state index in [1.165, 1.54) is 0 Å². The standard InChI is InChI=1S/C12H11BrN4/c1-17(5-3-15-17)12-7-10(13)6-11(8-12)16-4-2-14-9-16/h2-9H,1H3. The zero-order valence-corrected chi connectivity index (χ0v) is 10.9. The number of aromatic nitrogens is 2. The van der Waals surface area contributed by atoms with Crippen molar-refractivity contribution < 1.29 is 0 Å². The van der Waals surface area contributed by atoms with Crippen molar-refractivity contribution in [2.45, 2.75) is 0 Å². The SMILES string of the molecule is C[N+]1(c2cc(Br)cc(-n3ccnc3)c2)C=C[N-]1. The van der Waals surface area contributed by atoms with Crippen molar-refractivity contribution in [2.75, 3.05) is 7.05 Å². The third kappa shape index (κ3) is 1.77. The number of imidazole rings is 1. The molecule has 1 aromatic heterocycles. The Labute approximate surface area is 108 Å². The van der Waals surface area contributed by atoms with E-state index in [-0.39, 0.29) is 0 Å². The molecule has 3 rings (SSSR count). The van der Waals surface area contributed by atoms with Gasteiger partial charge in [0, 0.05) is 29.0 Å². The Morgan fingerprint density at radius 2 is 2.18 bits per heavy atom. The van der Waals surface area contributed by atoms with E-state index in [0.717, 1.165) is 15.8 Å². The summed E-state index contributed by atoms with van der Waals surface area (Å²) in [7, 11) is 2.04. The Hall–Kier alpha value is -1.59. The minimum absolute atomic E-state index is 0.487. The first kappa shape index (κ1) is 10.6. The summed E-state index contributed by atoms with van der Waals surface area (Å²) in [4.78, 5) is 4.06. The highest BCUT2D eigenvalue weighted by atomic mass is 79.9. The number of halogens is 1. The van der Waals surface area contributed by atoms with Gasteiger partial charge in [-0.1, -0.05) is 22.1 Å². The van der Waals surface area contributed by atoms with E-state index < -0.39 is 0 Å². The number of rotatable bonds is 2. The molecule has 1 aliphatic heterocycles. The molecule has 0 radical (unpaired) electrons. The zero-order chi connectivity index (χ0) is 11.9.